The van der Waals surface area contributed by atoms with E-state index in [1.807, 2.05) is 86.0 Å². The zero-order valence-electron chi connectivity index (χ0n) is 23.7. The van der Waals surface area contributed by atoms with Crippen LogP contribution in [-0.4, -0.2) is 51.6 Å². The van der Waals surface area contributed by atoms with E-state index in [1.165, 1.54) is 0 Å². The smallest absolute Gasteiger partial charge is 0.407 e. The highest BCUT2D eigenvalue weighted by Gasteiger charge is 2.28. The van der Waals surface area contributed by atoms with E-state index in [9.17, 15) is 9.59 Å². The maximum absolute atomic E-state index is 13.8. The normalized spacial score (nSPS) is 15.6. The van der Waals surface area contributed by atoms with E-state index in [0.717, 1.165) is 30.7 Å². The third-order valence-corrected chi connectivity index (χ3v) is 7.27. The van der Waals surface area contributed by atoms with Crippen LogP contribution < -0.4 is 20.5 Å². The van der Waals surface area contributed by atoms with Crippen molar-refractivity contribution in [2.75, 3.05) is 24.6 Å². The van der Waals surface area contributed by atoms with Gasteiger partial charge in [0.25, 0.3) is 5.56 Å². The van der Waals surface area contributed by atoms with Gasteiger partial charge in [-0.15, -0.1) is 0 Å². The maximum atomic E-state index is 13.8. The Morgan fingerprint density at radius 1 is 1.10 bits per heavy atom. The number of para-hydroxylation sites is 1. The highest BCUT2D eigenvalue weighted by molar-refractivity contribution is 6.31. The molecule has 1 saturated heterocycles. The van der Waals surface area contributed by atoms with Crippen LogP contribution in [0.5, 0.6) is 5.75 Å². The number of carbonyl (C=O) groups is 1. The number of rotatable bonds is 8. The van der Waals surface area contributed by atoms with Crippen LogP contribution in [0.1, 0.15) is 39.2 Å². The highest BCUT2D eigenvalue weighted by Crippen LogP contribution is 2.27. The first-order valence-electron chi connectivity index (χ1n) is 13.9. The number of pyridine rings is 1. The molecule has 10 heteroatoms. The van der Waals surface area contributed by atoms with E-state index in [-0.39, 0.29) is 11.6 Å². The molecular weight excluding hydrogens is 542 g/mol. The molecule has 2 aromatic carbocycles. The standard InChI is InChI=1S/C31H36ClN5O4/c1-31(2,3)41-30(39)33-23-11-9-16-36(21-23)29-34-26-15-17-35(18-19-40-24-12-5-4-6-13-24)28(38)27(26)37(29)20-22-10-7-8-14-25(22)32/h4-8,10,12-15,17,23H,9,11,16,18-21H2,1-3H3,(H,33,39)/t23-/m1/s1. The second-order valence-electron chi connectivity index (χ2n) is 11.2. The van der Waals surface area contributed by atoms with Crippen LogP contribution in [0.4, 0.5) is 10.7 Å². The van der Waals surface area contributed by atoms with E-state index >= 15 is 0 Å². The second kappa shape index (κ2) is 12.3. The van der Waals surface area contributed by atoms with Gasteiger partial charge in [-0.25, -0.2) is 9.78 Å². The van der Waals surface area contributed by atoms with Gasteiger partial charge in [0.2, 0.25) is 5.95 Å². The summed E-state index contributed by atoms with van der Waals surface area (Å²) in [4.78, 5) is 33.4. The Morgan fingerprint density at radius 3 is 2.61 bits per heavy atom. The number of nitrogens with zero attached hydrogens (tertiary/aromatic N) is 4. The van der Waals surface area contributed by atoms with Crippen molar-refractivity contribution in [3.63, 3.8) is 0 Å². The summed E-state index contributed by atoms with van der Waals surface area (Å²) < 4.78 is 14.9. The molecule has 1 N–H and O–H groups in total. The van der Waals surface area contributed by atoms with Gasteiger partial charge in [-0.05, 0) is 63.4 Å². The summed E-state index contributed by atoms with van der Waals surface area (Å²) >= 11 is 6.55. The van der Waals surface area contributed by atoms with Gasteiger partial charge in [0.05, 0.1) is 18.6 Å². The van der Waals surface area contributed by atoms with Gasteiger partial charge in [0, 0.05) is 30.4 Å². The second-order valence-corrected chi connectivity index (χ2v) is 11.6. The number of fused-ring (bicyclic) bond motifs is 1. The van der Waals surface area contributed by atoms with Crippen molar-refractivity contribution in [2.45, 2.75) is 58.3 Å². The Morgan fingerprint density at radius 2 is 1.85 bits per heavy atom. The summed E-state index contributed by atoms with van der Waals surface area (Å²) in [5, 5.41) is 3.62. The Labute approximate surface area is 244 Å². The van der Waals surface area contributed by atoms with E-state index in [4.69, 9.17) is 26.1 Å². The molecule has 1 fully saturated rings. The molecule has 0 radical (unpaired) electrons. The van der Waals surface area contributed by atoms with Crippen molar-refractivity contribution in [1.29, 1.82) is 0 Å². The number of halogens is 1. The molecule has 1 atom stereocenters. The van der Waals surface area contributed by atoms with E-state index in [2.05, 4.69) is 10.2 Å². The first kappa shape index (κ1) is 28.5. The van der Waals surface area contributed by atoms with Crippen LogP contribution in [0.15, 0.2) is 71.7 Å². The van der Waals surface area contributed by atoms with E-state index in [0.29, 0.717) is 48.2 Å². The van der Waals surface area contributed by atoms with Gasteiger partial charge in [-0.2, -0.15) is 0 Å². The average Bonchev–Trinajstić information content (AvgIpc) is 3.30. The van der Waals surface area contributed by atoms with Crippen molar-refractivity contribution in [1.82, 2.24) is 19.4 Å². The first-order chi connectivity index (χ1) is 19.7. The number of ether oxygens (including phenoxy) is 2. The number of aromatic nitrogens is 3. The molecule has 0 bridgehead atoms. The molecule has 41 heavy (non-hydrogen) atoms. The molecule has 1 amide bonds. The predicted octanol–water partition coefficient (Wildman–Crippen LogP) is 5.47. The fourth-order valence-electron chi connectivity index (χ4n) is 5.06. The van der Waals surface area contributed by atoms with Gasteiger partial charge in [0.15, 0.2) is 0 Å². The van der Waals surface area contributed by atoms with Crippen LogP contribution in [-0.2, 0) is 17.8 Å². The fraction of sp³-hybridized carbons (Fsp3) is 0.387. The molecule has 0 spiro atoms. The number of anilines is 1. The minimum absolute atomic E-state index is 0.112. The maximum Gasteiger partial charge on any atom is 0.407 e. The monoisotopic (exact) mass is 577 g/mol. The molecule has 2 aromatic heterocycles. The number of hydrogen-bond acceptors (Lipinski definition) is 6. The van der Waals surface area contributed by atoms with Gasteiger partial charge in [-0.3, -0.25) is 4.79 Å². The number of benzene rings is 2. The Hall–Kier alpha value is -3.98. The number of piperidine rings is 1. The molecule has 4 aromatic rings. The third kappa shape index (κ3) is 7.03. The number of alkyl carbamates (subject to hydrolysis) is 1. The molecule has 1 aliphatic rings. The quantitative estimate of drug-likeness (QED) is 0.298. The Bertz CT molecular complexity index is 1560. The third-order valence-electron chi connectivity index (χ3n) is 6.91. The lowest BCUT2D eigenvalue weighted by Gasteiger charge is -2.34. The molecule has 3 heterocycles. The van der Waals surface area contributed by atoms with Crippen LogP contribution >= 0.6 is 11.6 Å². The summed E-state index contributed by atoms with van der Waals surface area (Å²) in [6.45, 7) is 7.95. The van der Waals surface area contributed by atoms with Gasteiger partial charge in [0.1, 0.15) is 23.5 Å². The number of hydrogen-bond donors (Lipinski definition) is 1. The molecule has 1 aliphatic heterocycles. The Kier molecular flexibility index (Phi) is 8.54. The van der Waals surface area contributed by atoms with Crippen molar-refractivity contribution in [2.24, 2.45) is 0 Å². The van der Waals surface area contributed by atoms with Crippen molar-refractivity contribution >= 4 is 34.7 Å². The van der Waals surface area contributed by atoms with Crippen LogP contribution in [0.3, 0.4) is 0 Å². The van der Waals surface area contributed by atoms with Crippen LogP contribution in [0.25, 0.3) is 11.0 Å². The molecule has 0 unspecified atom stereocenters. The van der Waals surface area contributed by atoms with Gasteiger partial charge in [-0.1, -0.05) is 48.0 Å². The summed E-state index contributed by atoms with van der Waals surface area (Å²) in [5.74, 6) is 1.43. The number of imidazole rings is 1. The Balaban J connectivity index is 1.45. The topological polar surface area (TPSA) is 90.6 Å². The average molecular weight is 578 g/mol. The minimum Gasteiger partial charge on any atom is -0.492 e. The van der Waals surface area contributed by atoms with Crippen molar-refractivity contribution < 1.29 is 14.3 Å². The number of carbonyl (C=O) groups excluding carboxylic acids is 1. The van der Waals surface area contributed by atoms with Crippen molar-refractivity contribution in [3.05, 3.63) is 87.8 Å². The summed E-state index contributed by atoms with van der Waals surface area (Å²) in [7, 11) is 0. The fourth-order valence-corrected chi connectivity index (χ4v) is 5.25. The molecule has 0 aliphatic carbocycles. The summed E-state index contributed by atoms with van der Waals surface area (Å²) in [6.07, 6.45) is 3.01. The SMILES string of the molecule is CC(C)(C)OC(=O)N[C@@H]1CCCN(c2nc3ccn(CCOc4ccccc4)c(=O)c3n2Cc2ccccc2Cl)C1. The van der Waals surface area contributed by atoms with Crippen molar-refractivity contribution in [3.8, 4) is 5.75 Å². The zero-order valence-corrected chi connectivity index (χ0v) is 24.4. The summed E-state index contributed by atoms with van der Waals surface area (Å²) in [6, 6.07) is 18.9. The van der Waals surface area contributed by atoms with Gasteiger partial charge >= 0.3 is 6.09 Å². The lowest BCUT2D eigenvalue weighted by Crippen LogP contribution is -2.49. The molecule has 9 nitrogen and oxygen atoms in total. The van der Waals surface area contributed by atoms with Crippen LogP contribution in [0.2, 0.25) is 5.02 Å². The lowest BCUT2D eigenvalue weighted by atomic mass is 10.1. The molecule has 216 valence electrons. The molecule has 5 rings (SSSR count). The van der Waals surface area contributed by atoms with Gasteiger partial charge < -0.3 is 28.8 Å². The predicted molar refractivity (Wildman–Crippen MR) is 161 cm³/mol. The largest absolute Gasteiger partial charge is 0.492 e. The first-order valence-corrected chi connectivity index (χ1v) is 14.3. The zero-order chi connectivity index (χ0) is 29.0. The molecule has 0 saturated carbocycles. The minimum atomic E-state index is -0.576. The lowest BCUT2D eigenvalue weighted by molar-refractivity contribution is 0.0499. The van der Waals surface area contributed by atoms with Crippen LogP contribution in [0, 0.1) is 0 Å². The molecular formula is C31H36ClN5O4. The number of nitrogens with one attached hydrogen (secondary N) is 1. The summed E-state index contributed by atoms with van der Waals surface area (Å²) in [5.41, 5.74) is 1.28. The highest BCUT2D eigenvalue weighted by atomic mass is 35.5. The number of amides is 1. The van der Waals surface area contributed by atoms with E-state index < -0.39 is 11.7 Å². The van der Waals surface area contributed by atoms with E-state index in [1.54, 1.807) is 10.8 Å².